The van der Waals surface area contributed by atoms with Crippen LogP contribution < -0.4 is 19.5 Å². The smallest absolute Gasteiger partial charge is 0.270 e. The lowest BCUT2D eigenvalue weighted by molar-refractivity contribution is 0.0942. The monoisotopic (exact) mass is 320 g/mol. The lowest BCUT2D eigenvalue weighted by Crippen LogP contribution is -2.28. The Hall–Kier alpha value is -2.47. The van der Waals surface area contributed by atoms with Crippen molar-refractivity contribution in [2.75, 3.05) is 19.9 Å². The lowest BCUT2D eigenvalue weighted by Gasteiger charge is -2.08. The number of carbonyl (C=O) groups is 1. The molecule has 1 aromatic heterocycles. The summed E-state index contributed by atoms with van der Waals surface area (Å²) in [5, 5.41) is 3.18. The number of benzene rings is 1. The van der Waals surface area contributed by atoms with Gasteiger partial charge in [0.15, 0.2) is 11.5 Å². The van der Waals surface area contributed by atoms with Gasteiger partial charge in [0.25, 0.3) is 5.91 Å². The second kappa shape index (κ2) is 6.53. The van der Waals surface area contributed by atoms with Gasteiger partial charge in [0.1, 0.15) is 18.1 Å². The molecule has 3 rings (SSSR count). The average Bonchev–Trinajstić information content (AvgIpc) is 2.99. The summed E-state index contributed by atoms with van der Waals surface area (Å²) in [7, 11) is 0. The zero-order chi connectivity index (χ0) is 15.4. The Labute approximate surface area is 132 Å². The number of ether oxygens (including phenoxy) is 3. The summed E-state index contributed by atoms with van der Waals surface area (Å²) in [4.78, 5) is 15.8. The zero-order valence-corrected chi connectivity index (χ0v) is 12.3. The number of hydrogen-bond donors (Lipinski definition) is 1. The largest absolute Gasteiger partial charge is 0.492 e. The van der Waals surface area contributed by atoms with Crippen molar-refractivity contribution < 1.29 is 19.0 Å². The average molecular weight is 321 g/mol. The molecule has 7 heteroatoms. The van der Waals surface area contributed by atoms with Crippen molar-refractivity contribution in [2.24, 2.45) is 0 Å². The maximum absolute atomic E-state index is 11.8. The first kappa shape index (κ1) is 14.5. The van der Waals surface area contributed by atoms with Gasteiger partial charge >= 0.3 is 0 Å². The number of nitrogens with zero attached hydrogens (tertiary/aromatic N) is 1. The van der Waals surface area contributed by atoms with Crippen LogP contribution in [-0.4, -0.2) is 30.8 Å². The Bertz CT molecular complexity index is 693. The molecule has 1 N–H and O–H groups in total. The van der Waals surface area contributed by atoms with Gasteiger partial charge in [0.05, 0.1) is 6.54 Å². The Kier molecular flexibility index (Phi) is 4.29. The molecule has 22 heavy (non-hydrogen) atoms. The summed E-state index contributed by atoms with van der Waals surface area (Å²) < 4.78 is 16.0. The number of carbonyl (C=O) groups excluding carboxylic acids is 1. The van der Waals surface area contributed by atoms with Crippen LogP contribution in [0, 0.1) is 0 Å². The third-order valence-corrected chi connectivity index (χ3v) is 3.19. The van der Waals surface area contributed by atoms with E-state index in [2.05, 4.69) is 10.3 Å². The van der Waals surface area contributed by atoms with Crippen molar-refractivity contribution >= 4 is 17.5 Å². The molecule has 6 nitrogen and oxygen atoms in total. The molecule has 0 radical (unpaired) electrons. The maximum Gasteiger partial charge on any atom is 0.270 e. The van der Waals surface area contributed by atoms with Crippen LogP contribution in [0.2, 0.25) is 5.02 Å². The highest BCUT2D eigenvalue weighted by molar-refractivity contribution is 6.30. The Balaban J connectivity index is 1.46. The molecule has 114 valence electrons. The lowest BCUT2D eigenvalue weighted by atomic mass is 10.3. The van der Waals surface area contributed by atoms with Crippen LogP contribution in [-0.2, 0) is 0 Å². The summed E-state index contributed by atoms with van der Waals surface area (Å²) in [6.45, 7) is 0.898. The van der Waals surface area contributed by atoms with Gasteiger partial charge in [-0.05, 0) is 24.3 Å². The molecule has 0 atom stereocenters. The van der Waals surface area contributed by atoms with Crippen molar-refractivity contribution in [3.8, 4) is 17.2 Å². The third kappa shape index (κ3) is 3.40. The predicted octanol–water partition coefficient (Wildman–Crippen LogP) is 2.27. The van der Waals surface area contributed by atoms with Crippen molar-refractivity contribution in [1.82, 2.24) is 10.3 Å². The number of fused-ring (bicyclic) bond motifs is 1. The van der Waals surface area contributed by atoms with Crippen molar-refractivity contribution in [3.05, 3.63) is 47.2 Å². The molecule has 1 aromatic carbocycles. The van der Waals surface area contributed by atoms with Gasteiger partial charge in [-0.15, -0.1) is 0 Å². The van der Waals surface area contributed by atoms with Gasteiger partial charge in [-0.3, -0.25) is 9.78 Å². The summed E-state index contributed by atoms with van der Waals surface area (Å²) in [5.41, 5.74) is 0.274. The normalized spacial score (nSPS) is 12.0. The van der Waals surface area contributed by atoms with E-state index >= 15 is 0 Å². The molecule has 0 unspecified atom stereocenters. The van der Waals surface area contributed by atoms with Gasteiger partial charge in [0.2, 0.25) is 6.79 Å². The van der Waals surface area contributed by atoms with Crippen LogP contribution in [0.25, 0.3) is 0 Å². The fourth-order valence-corrected chi connectivity index (χ4v) is 2.08. The zero-order valence-electron chi connectivity index (χ0n) is 11.5. The molecule has 0 saturated heterocycles. The number of hydrogen-bond acceptors (Lipinski definition) is 5. The molecule has 1 aliphatic rings. The standard InChI is InChI=1S/C15H13ClN2O4/c16-10-3-4-17-12(7-10)15(19)18-5-6-20-11-1-2-13-14(8-11)22-9-21-13/h1-4,7-8H,5-6,9H2,(H,18,19). The number of nitrogens with one attached hydrogen (secondary N) is 1. The molecule has 1 aliphatic heterocycles. The minimum Gasteiger partial charge on any atom is -0.492 e. The molecular formula is C15H13ClN2O4. The molecule has 0 aliphatic carbocycles. The van der Waals surface area contributed by atoms with Gasteiger partial charge in [0, 0.05) is 17.3 Å². The number of pyridine rings is 1. The van der Waals surface area contributed by atoms with Gasteiger partial charge in [-0.25, -0.2) is 0 Å². The van der Waals surface area contributed by atoms with Gasteiger partial charge < -0.3 is 19.5 Å². The van der Waals surface area contributed by atoms with Crippen molar-refractivity contribution in [1.29, 1.82) is 0 Å². The molecule has 0 saturated carbocycles. The first-order valence-corrected chi connectivity index (χ1v) is 7.02. The highest BCUT2D eigenvalue weighted by Crippen LogP contribution is 2.34. The highest BCUT2D eigenvalue weighted by atomic mass is 35.5. The fourth-order valence-electron chi connectivity index (χ4n) is 1.92. The highest BCUT2D eigenvalue weighted by Gasteiger charge is 2.13. The summed E-state index contributed by atoms with van der Waals surface area (Å²) >= 11 is 5.81. The Morgan fingerprint density at radius 2 is 2.14 bits per heavy atom. The minimum atomic E-state index is -0.295. The molecule has 0 fully saturated rings. The molecule has 2 heterocycles. The number of aromatic nitrogens is 1. The van der Waals surface area contributed by atoms with E-state index in [0.717, 1.165) is 0 Å². The van der Waals surface area contributed by atoms with Crippen molar-refractivity contribution in [3.63, 3.8) is 0 Å². The first-order chi connectivity index (χ1) is 10.7. The van der Waals surface area contributed by atoms with Gasteiger partial charge in [-0.2, -0.15) is 0 Å². The Morgan fingerprint density at radius 1 is 1.27 bits per heavy atom. The van der Waals surface area contributed by atoms with E-state index in [1.54, 1.807) is 24.3 Å². The van der Waals surface area contributed by atoms with E-state index in [4.69, 9.17) is 25.8 Å². The van der Waals surface area contributed by atoms with Crippen molar-refractivity contribution in [2.45, 2.75) is 0 Å². The quantitative estimate of drug-likeness (QED) is 0.856. The molecule has 1 amide bonds. The van der Waals surface area contributed by atoms with E-state index in [1.165, 1.54) is 12.3 Å². The molecule has 0 bridgehead atoms. The molecule has 0 spiro atoms. The molecular weight excluding hydrogens is 308 g/mol. The summed E-state index contributed by atoms with van der Waals surface area (Å²) in [6, 6.07) is 8.44. The summed E-state index contributed by atoms with van der Waals surface area (Å²) in [6.07, 6.45) is 1.49. The number of halogens is 1. The van der Waals surface area contributed by atoms with Crippen LogP contribution in [0.15, 0.2) is 36.5 Å². The topological polar surface area (TPSA) is 69.7 Å². The Morgan fingerprint density at radius 3 is 3.00 bits per heavy atom. The van der Waals surface area contributed by atoms with E-state index < -0.39 is 0 Å². The SMILES string of the molecule is O=C(NCCOc1ccc2c(c1)OCO2)c1cc(Cl)ccn1. The second-order valence-corrected chi connectivity index (χ2v) is 4.92. The predicted molar refractivity (Wildman–Crippen MR) is 79.6 cm³/mol. The third-order valence-electron chi connectivity index (χ3n) is 2.96. The van der Waals surface area contributed by atoms with E-state index in [0.29, 0.717) is 35.4 Å². The number of rotatable bonds is 5. The first-order valence-electron chi connectivity index (χ1n) is 6.64. The fraction of sp³-hybridized carbons (Fsp3) is 0.200. The van der Waals surface area contributed by atoms with Crippen LogP contribution in [0.4, 0.5) is 0 Å². The van der Waals surface area contributed by atoms with Crippen LogP contribution in [0.5, 0.6) is 17.2 Å². The van der Waals surface area contributed by atoms with Crippen LogP contribution >= 0.6 is 11.6 Å². The van der Waals surface area contributed by atoms with E-state index in [-0.39, 0.29) is 18.4 Å². The second-order valence-electron chi connectivity index (χ2n) is 4.48. The molecule has 2 aromatic rings. The number of amides is 1. The van der Waals surface area contributed by atoms with Crippen LogP contribution in [0.1, 0.15) is 10.5 Å². The van der Waals surface area contributed by atoms with Crippen LogP contribution in [0.3, 0.4) is 0 Å². The minimum absolute atomic E-state index is 0.224. The van der Waals surface area contributed by atoms with E-state index in [9.17, 15) is 4.79 Å². The van der Waals surface area contributed by atoms with E-state index in [1.807, 2.05) is 0 Å². The van der Waals surface area contributed by atoms with Gasteiger partial charge in [-0.1, -0.05) is 11.6 Å². The maximum atomic E-state index is 11.8. The summed E-state index contributed by atoms with van der Waals surface area (Å²) in [5.74, 6) is 1.72.